The maximum atomic E-state index is 11.3. The van der Waals surface area contributed by atoms with E-state index >= 15 is 0 Å². The molecule has 3 nitrogen and oxygen atoms in total. The van der Waals surface area contributed by atoms with Gasteiger partial charge in [0, 0.05) is 32.6 Å². The van der Waals surface area contributed by atoms with Gasteiger partial charge < -0.3 is 10.2 Å². The first kappa shape index (κ1) is 13.9. The van der Waals surface area contributed by atoms with Gasteiger partial charge >= 0.3 is 0 Å². The number of nitrogens with one attached hydrogen (secondary N) is 1. The Morgan fingerprint density at radius 2 is 2.00 bits per heavy atom. The number of amides is 1. The van der Waals surface area contributed by atoms with E-state index in [1.807, 2.05) is 0 Å². The lowest BCUT2D eigenvalue weighted by Crippen LogP contribution is -2.51. The minimum absolute atomic E-state index is 0.122. The molecule has 2 atom stereocenters. The smallest absolute Gasteiger partial charge is 0.217 e. The molecule has 0 aromatic heterocycles. The maximum absolute atomic E-state index is 11.3. The zero-order valence-corrected chi connectivity index (χ0v) is 12.1. The highest BCUT2D eigenvalue weighted by atomic mass is 16.1. The summed E-state index contributed by atoms with van der Waals surface area (Å²) in [4.78, 5) is 13.8. The lowest BCUT2D eigenvalue weighted by atomic mass is 9.89. The Bertz CT molecular complexity index is 274. The van der Waals surface area contributed by atoms with Crippen molar-refractivity contribution in [3.8, 4) is 0 Å². The van der Waals surface area contributed by atoms with E-state index in [9.17, 15) is 4.79 Å². The Balaban J connectivity index is 1.88. The third kappa shape index (κ3) is 4.60. The van der Waals surface area contributed by atoms with E-state index in [-0.39, 0.29) is 5.91 Å². The normalized spacial score (nSPS) is 29.6. The van der Waals surface area contributed by atoms with Crippen molar-refractivity contribution in [1.29, 1.82) is 0 Å². The number of hydrogen-bond acceptors (Lipinski definition) is 2. The third-order valence-electron chi connectivity index (χ3n) is 4.01. The summed E-state index contributed by atoms with van der Waals surface area (Å²) < 4.78 is 0. The van der Waals surface area contributed by atoms with Gasteiger partial charge in [0.1, 0.15) is 0 Å². The van der Waals surface area contributed by atoms with Crippen LogP contribution in [0, 0.1) is 17.8 Å². The predicted octanol–water partition coefficient (Wildman–Crippen LogP) is 2.27. The van der Waals surface area contributed by atoms with Crippen LogP contribution in [0.15, 0.2) is 0 Å². The van der Waals surface area contributed by atoms with Gasteiger partial charge in [-0.3, -0.25) is 4.79 Å². The van der Waals surface area contributed by atoms with E-state index in [0.717, 1.165) is 24.9 Å². The molecule has 0 aromatic carbocycles. The van der Waals surface area contributed by atoms with Crippen molar-refractivity contribution in [2.75, 3.05) is 19.6 Å². The fraction of sp³-hybridized carbons (Fsp3) is 0.933. The molecule has 18 heavy (non-hydrogen) atoms. The van der Waals surface area contributed by atoms with E-state index < -0.39 is 0 Å². The molecule has 0 radical (unpaired) electrons. The fourth-order valence-corrected chi connectivity index (χ4v) is 3.36. The van der Waals surface area contributed by atoms with Crippen LogP contribution in [-0.4, -0.2) is 36.5 Å². The van der Waals surface area contributed by atoms with Crippen molar-refractivity contribution >= 4 is 5.91 Å². The van der Waals surface area contributed by atoms with Gasteiger partial charge in [0.05, 0.1) is 0 Å². The largest absolute Gasteiger partial charge is 0.352 e. The molecule has 1 N–H and O–H groups in total. The van der Waals surface area contributed by atoms with Gasteiger partial charge in [-0.15, -0.1) is 0 Å². The standard InChI is InChI=1S/C15H28N2O/c1-11(2)8-17-9-14(6-13-4-5-13)7-15(10-17)16-12(3)18/h11,13-15H,4-10H2,1-3H3,(H,16,18). The highest BCUT2D eigenvalue weighted by Gasteiger charge is 2.32. The van der Waals surface area contributed by atoms with E-state index in [4.69, 9.17) is 0 Å². The molecule has 0 bridgehead atoms. The minimum Gasteiger partial charge on any atom is -0.352 e. The summed E-state index contributed by atoms with van der Waals surface area (Å²) in [5.74, 6) is 2.62. The van der Waals surface area contributed by atoms with Crippen molar-refractivity contribution in [3.05, 3.63) is 0 Å². The summed E-state index contributed by atoms with van der Waals surface area (Å²) >= 11 is 0. The van der Waals surface area contributed by atoms with E-state index in [2.05, 4.69) is 24.1 Å². The van der Waals surface area contributed by atoms with Crippen molar-refractivity contribution in [1.82, 2.24) is 10.2 Å². The fourth-order valence-electron chi connectivity index (χ4n) is 3.36. The molecule has 2 unspecified atom stereocenters. The molecule has 1 aliphatic heterocycles. The minimum atomic E-state index is 0.122. The van der Waals surface area contributed by atoms with Gasteiger partial charge in [-0.25, -0.2) is 0 Å². The number of carbonyl (C=O) groups is 1. The van der Waals surface area contributed by atoms with Crippen LogP contribution in [0.4, 0.5) is 0 Å². The summed E-state index contributed by atoms with van der Waals surface area (Å²) in [7, 11) is 0. The molecule has 1 saturated carbocycles. The van der Waals surface area contributed by atoms with Gasteiger partial charge in [0.25, 0.3) is 0 Å². The monoisotopic (exact) mass is 252 g/mol. The Hall–Kier alpha value is -0.570. The molecule has 1 saturated heterocycles. The van der Waals surface area contributed by atoms with Gasteiger partial charge in [-0.05, 0) is 30.6 Å². The van der Waals surface area contributed by atoms with Crippen molar-refractivity contribution in [2.45, 2.75) is 52.5 Å². The number of rotatable bonds is 5. The maximum Gasteiger partial charge on any atom is 0.217 e. The molecule has 1 amide bonds. The molecule has 2 fully saturated rings. The molecule has 2 rings (SSSR count). The molecule has 2 aliphatic rings. The second-order valence-corrected chi connectivity index (χ2v) is 6.79. The van der Waals surface area contributed by atoms with Gasteiger partial charge in [-0.1, -0.05) is 26.7 Å². The molecule has 0 spiro atoms. The number of nitrogens with zero attached hydrogens (tertiary/aromatic N) is 1. The number of piperidine rings is 1. The molecular formula is C15H28N2O. The zero-order valence-electron chi connectivity index (χ0n) is 12.1. The van der Waals surface area contributed by atoms with Crippen LogP contribution >= 0.6 is 0 Å². The second-order valence-electron chi connectivity index (χ2n) is 6.79. The highest BCUT2D eigenvalue weighted by Crippen LogP contribution is 2.37. The molecule has 0 aromatic rings. The lowest BCUT2D eigenvalue weighted by molar-refractivity contribution is -0.120. The Labute approximate surface area is 111 Å². The number of hydrogen-bond donors (Lipinski definition) is 1. The van der Waals surface area contributed by atoms with E-state index in [1.54, 1.807) is 6.92 Å². The summed E-state index contributed by atoms with van der Waals surface area (Å²) in [6.45, 7) is 9.63. The van der Waals surface area contributed by atoms with Gasteiger partial charge in [0.15, 0.2) is 0 Å². The van der Waals surface area contributed by atoms with Crippen LogP contribution in [0.3, 0.4) is 0 Å². The second kappa shape index (κ2) is 6.05. The average Bonchev–Trinajstić information content (AvgIpc) is 2.98. The van der Waals surface area contributed by atoms with Gasteiger partial charge in [-0.2, -0.15) is 0 Å². The molecule has 1 aliphatic carbocycles. The Morgan fingerprint density at radius 1 is 1.28 bits per heavy atom. The van der Waals surface area contributed by atoms with Crippen LogP contribution in [0.5, 0.6) is 0 Å². The van der Waals surface area contributed by atoms with Crippen molar-refractivity contribution in [3.63, 3.8) is 0 Å². The lowest BCUT2D eigenvalue weighted by Gasteiger charge is -2.39. The van der Waals surface area contributed by atoms with E-state index in [1.165, 1.54) is 32.2 Å². The first-order valence-electron chi connectivity index (χ1n) is 7.52. The Morgan fingerprint density at radius 3 is 2.56 bits per heavy atom. The average molecular weight is 252 g/mol. The SMILES string of the molecule is CC(=O)NC1CC(CC2CC2)CN(CC(C)C)C1. The van der Waals surface area contributed by atoms with E-state index in [0.29, 0.717) is 12.0 Å². The first-order valence-corrected chi connectivity index (χ1v) is 7.52. The van der Waals surface area contributed by atoms with Crippen LogP contribution in [0.1, 0.15) is 46.5 Å². The Kier molecular flexibility index (Phi) is 4.66. The van der Waals surface area contributed by atoms with Crippen LogP contribution < -0.4 is 5.32 Å². The molecule has 3 heteroatoms. The molecule has 104 valence electrons. The van der Waals surface area contributed by atoms with Crippen LogP contribution in [0.25, 0.3) is 0 Å². The summed E-state index contributed by atoms with van der Waals surface area (Å²) in [6.07, 6.45) is 5.44. The van der Waals surface area contributed by atoms with Crippen molar-refractivity contribution in [2.24, 2.45) is 17.8 Å². The topological polar surface area (TPSA) is 32.3 Å². The summed E-state index contributed by atoms with van der Waals surface area (Å²) in [5.41, 5.74) is 0. The number of carbonyl (C=O) groups excluding carboxylic acids is 1. The summed E-state index contributed by atoms with van der Waals surface area (Å²) in [5, 5.41) is 3.13. The van der Waals surface area contributed by atoms with Crippen LogP contribution in [-0.2, 0) is 4.79 Å². The highest BCUT2D eigenvalue weighted by molar-refractivity contribution is 5.73. The van der Waals surface area contributed by atoms with Crippen molar-refractivity contribution < 1.29 is 4.79 Å². The summed E-state index contributed by atoms with van der Waals surface area (Å²) in [6, 6.07) is 0.374. The zero-order chi connectivity index (χ0) is 13.1. The predicted molar refractivity (Wildman–Crippen MR) is 74.3 cm³/mol. The molecule has 1 heterocycles. The number of likely N-dealkylation sites (tertiary alicyclic amines) is 1. The first-order chi connectivity index (χ1) is 8.52. The molecular weight excluding hydrogens is 224 g/mol. The van der Waals surface area contributed by atoms with Crippen LogP contribution in [0.2, 0.25) is 0 Å². The van der Waals surface area contributed by atoms with Gasteiger partial charge in [0.2, 0.25) is 5.91 Å². The third-order valence-corrected chi connectivity index (χ3v) is 4.01. The quantitative estimate of drug-likeness (QED) is 0.814.